The molecule has 0 unspecified atom stereocenters. The van der Waals surface area contributed by atoms with Gasteiger partial charge < -0.3 is 37.9 Å². The van der Waals surface area contributed by atoms with Gasteiger partial charge in [0, 0.05) is 110 Å². The Morgan fingerprint density at radius 2 is 0.948 bits per heavy atom. The van der Waals surface area contributed by atoms with Gasteiger partial charge in [-0.25, -0.2) is 25.6 Å². The smallest absolute Gasteiger partial charge is 0.455 e. The monoisotopic (exact) mass is 1400 g/mol. The number of halogens is 3. The van der Waals surface area contributed by atoms with Crippen molar-refractivity contribution in [2.75, 3.05) is 49.3 Å². The van der Waals surface area contributed by atoms with Crippen LogP contribution in [0.1, 0.15) is 72.1 Å². The minimum absolute atomic E-state index is 0. The van der Waals surface area contributed by atoms with Gasteiger partial charge in [0.15, 0.2) is 0 Å². The summed E-state index contributed by atoms with van der Waals surface area (Å²) in [5.74, 6) is -1.03. The first kappa shape index (κ1) is 68.1. The molecule has 13 rings (SSSR count). The molecule has 1 fully saturated rings. The second kappa shape index (κ2) is 26.7. The molecule has 12 aromatic rings. The van der Waals surface area contributed by atoms with Crippen molar-refractivity contribution in [3.05, 3.63) is 232 Å². The van der Waals surface area contributed by atoms with Crippen molar-refractivity contribution in [3.63, 3.8) is 0 Å². The van der Waals surface area contributed by atoms with Crippen LogP contribution in [0.3, 0.4) is 0 Å². The molecule has 4 aromatic heterocycles. The average Bonchev–Trinajstić information content (AvgIpc) is 1.64. The molecule has 16 nitrogen and oxygen atoms in total. The van der Waals surface area contributed by atoms with Crippen molar-refractivity contribution in [1.29, 1.82) is 0 Å². The highest BCUT2D eigenvalue weighted by atomic mass is 79.9. The van der Waals surface area contributed by atoms with Crippen LogP contribution in [-0.4, -0.2) is 96.8 Å². The van der Waals surface area contributed by atoms with E-state index in [4.69, 9.17) is 18.1 Å². The summed E-state index contributed by atoms with van der Waals surface area (Å²) >= 11 is 3.36. The first-order valence-electron chi connectivity index (χ1n) is 30.8. The molecule has 0 spiro atoms. The number of aryl methyl sites for hydroxylation is 2. The summed E-state index contributed by atoms with van der Waals surface area (Å²) in [6, 6.07) is 51.6. The highest BCUT2D eigenvalue weighted by Gasteiger charge is 2.51. The zero-order valence-electron chi connectivity index (χ0n) is 55.1. The van der Waals surface area contributed by atoms with Crippen LogP contribution < -0.4 is 24.7 Å². The van der Waals surface area contributed by atoms with E-state index in [9.17, 15) is 35.2 Å². The standard InChI is InChI=1S/C34H30FN3O4S.C22H26BNO2.C18H16BrFN2O4S.H2/c1-21-5-7-22(8-6-21)20-38-16-15-23-9-10-25(17-29(23)38)27-18-28-31(19-30(27)37(3)43(4,40)41)42-33(32(28)34(39)36-2)24-11-13-26(35)14-12-24;1-16-6-8-17(9-7-16)15-24-13-12-18-10-11-19(14-20(18)24)23-25-21(2,3)22(4,5)26-23;1-21-18(23)16-12-8-13(19)14(22(2)27(3,24)25)9-15(12)26-17(16)10-4-6-11(20)7-5-10;/h5-19H,20H2,1-4H3,(H,36,39);6-14H,15H2,1-5H3;4-9H,1-3H3,(H,21,23);1H. The summed E-state index contributed by atoms with van der Waals surface area (Å²) in [6.45, 7) is 14.1. The van der Waals surface area contributed by atoms with Crippen LogP contribution in [0.15, 0.2) is 196 Å². The number of furan rings is 2. The quantitative estimate of drug-likeness (QED) is 0.0992. The first-order valence-corrected chi connectivity index (χ1v) is 35.3. The topological polar surface area (TPSA) is 188 Å². The van der Waals surface area contributed by atoms with Crippen molar-refractivity contribution < 1.29 is 54.8 Å². The number of carbonyl (C=O) groups excluding carboxylic acids is 2. The molecule has 5 heterocycles. The van der Waals surface area contributed by atoms with E-state index in [0.29, 0.717) is 61.0 Å². The van der Waals surface area contributed by atoms with E-state index < -0.39 is 31.7 Å². The van der Waals surface area contributed by atoms with Crippen molar-refractivity contribution in [2.24, 2.45) is 0 Å². The number of carbonyl (C=O) groups is 2. The van der Waals surface area contributed by atoms with E-state index in [1.165, 1.54) is 96.5 Å². The molecule has 1 saturated heterocycles. The van der Waals surface area contributed by atoms with Gasteiger partial charge in [0.05, 0.1) is 46.2 Å². The molecule has 1 aliphatic heterocycles. The molecule has 8 aromatic carbocycles. The fourth-order valence-corrected chi connectivity index (χ4v) is 13.1. The van der Waals surface area contributed by atoms with E-state index in [0.717, 1.165) is 50.9 Å². The Labute approximate surface area is 567 Å². The molecule has 96 heavy (non-hydrogen) atoms. The van der Waals surface area contributed by atoms with E-state index in [1.807, 2.05) is 24.4 Å². The van der Waals surface area contributed by atoms with Crippen LogP contribution >= 0.6 is 15.9 Å². The number of nitrogens with zero attached hydrogens (tertiary/aromatic N) is 4. The summed E-state index contributed by atoms with van der Waals surface area (Å²) in [7, 11) is -1.54. The molecule has 0 saturated carbocycles. The number of sulfonamides is 2. The van der Waals surface area contributed by atoms with Crippen LogP contribution in [0.4, 0.5) is 20.2 Å². The normalized spacial score (nSPS) is 13.6. The van der Waals surface area contributed by atoms with Gasteiger partial charge in [0.25, 0.3) is 11.8 Å². The second-order valence-corrected chi connectivity index (χ2v) is 29.8. The number of hydrogen-bond donors (Lipinski definition) is 2. The van der Waals surface area contributed by atoms with Crippen LogP contribution in [0.5, 0.6) is 0 Å². The number of hydrogen-bond acceptors (Lipinski definition) is 10. The number of anilines is 2. The molecule has 1 aliphatic rings. The van der Waals surface area contributed by atoms with E-state index in [-0.39, 0.29) is 54.2 Å². The predicted molar refractivity (Wildman–Crippen MR) is 385 cm³/mol. The van der Waals surface area contributed by atoms with Crippen molar-refractivity contribution in [2.45, 2.75) is 65.8 Å². The summed E-state index contributed by atoms with van der Waals surface area (Å²) < 4.78 is 108. The molecule has 2 amide bonds. The van der Waals surface area contributed by atoms with E-state index in [2.05, 4.69) is 162 Å². The maximum atomic E-state index is 13.7. The molecule has 0 atom stereocenters. The van der Waals surface area contributed by atoms with E-state index >= 15 is 0 Å². The lowest BCUT2D eigenvalue weighted by molar-refractivity contribution is 0.00578. The largest absolute Gasteiger partial charge is 0.494 e. The molecule has 0 aliphatic carbocycles. The number of aromatic nitrogens is 2. The van der Waals surface area contributed by atoms with Gasteiger partial charge in [-0.3, -0.25) is 18.2 Å². The minimum Gasteiger partial charge on any atom is -0.455 e. The van der Waals surface area contributed by atoms with Gasteiger partial charge in [0.2, 0.25) is 20.0 Å². The Bertz CT molecular complexity index is 5180. The highest BCUT2D eigenvalue weighted by molar-refractivity contribution is 9.10. The molecular formula is C74H74BBrF2N6O10S2. The lowest BCUT2D eigenvalue weighted by Crippen LogP contribution is -2.41. The summed E-state index contributed by atoms with van der Waals surface area (Å²) in [5, 5.41) is 8.53. The Kier molecular flexibility index (Phi) is 18.9. The van der Waals surface area contributed by atoms with Crippen molar-refractivity contribution >= 4 is 115 Å². The summed E-state index contributed by atoms with van der Waals surface area (Å²) in [4.78, 5) is 25.7. The van der Waals surface area contributed by atoms with Gasteiger partial charge in [-0.2, -0.15) is 0 Å². The zero-order valence-corrected chi connectivity index (χ0v) is 58.4. The summed E-state index contributed by atoms with van der Waals surface area (Å²) in [5.41, 5.74) is 12.0. The molecular weight excluding hydrogens is 1330 g/mol. The van der Waals surface area contributed by atoms with Crippen LogP contribution in [0.25, 0.3) is 77.5 Å². The lowest BCUT2D eigenvalue weighted by atomic mass is 9.79. The van der Waals surface area contributed by atoms with Gasteiger partial charge in [-0.1, -0.05) is 83.9 Å². The van der Waals surface area contributed by atoms with Gasteiger partial charge >= 0.3 is 7.12 Å². The number of benzene rings is 8. The lowest BCUT2D eigenvalue weighted by Gasteiger charge is -2.32. The molecule has 0 radical (unpaired) electrons. The van der Waals surface area contributed by atoms with Gasteiger partial charge in [0.1, 0.15) is 34.3 Å². The molecule has 22 heteroatoms. The third kappa shape index (κ3) is 14.0. The maximum absolute atomic E-state index is 13.7. The third-order valence-electron chi connectivity index (χ3n) is 17.7. The van der Waals surface area contributed by atoms with Crippen molar-refractivity contribution in [3.8, 4) is 33.8 Å². The third-order valence-corrected chi connectivity index (χ3v) is 20.7. The Balaban J connectivity index is 0.000000165. The van der Waals surface area contributed by atoms with Gasteiger partial charge in [-0.05, 0) is 175 Å². The highest BCUT2D eigenvalue weighted by Crippen LogP contribution is 2.44. The fraction of sp³-hybridized carbons (Fsp3) is 0.216. The molecule has 2 N–H and O–H groups in total. The summed E-state index contributed by atoms with van der Waals surface area (Å²) in [6.07, 6.45) is 6.42. The van der Waals surface area contributed by atoms with Crippen LogP contribution in [0.2, 0.25) is 0 Å². The number of amides is 2. The maximum Gasteiger partial charge on any atom is 0.494 e. The number of nitrogens with one attached hydrogen (secondary N) is 2. The Hall–Kier alpha value is -9.32. The number of fused-ring (bicyclic) bond motifs is 4. The van der Waals surface area contributed by atoms with E-state index in [1.54, 1.807) is 36.4 Å². The zero-order chi connectivity index (χ0) is 68.9. The molecule has 0 bridgehead atoms. The van der Waals surface area contributed by atoms with Gasteiger partial charge in [-0.15, -0.1) is 0 Å². The second-order valence-electron chi connectivity index (χ2n) is 24.9. The van der Waals surface area contributed by atoms with Crippen LogP contribution in [-0.2, 0) is 42.4 Å². The SMILES string of the molecule is CNC(=O)c1c(-c2ccc(F)cc2)oc2cc(N(C)S(C)(=O)=O)c(-c3ccc4ccn(Cc5ccc(C)cc5)c4c3)cc12.CNC(=O)c1c(-c2ccc(F)cc2)oc2cc(N(C)S(C)(=O)=O)c(Br)cc12.Cc1ccc(Cn2ccc3ccc(B4OC(C)(C)C(C)(C)O4)cc32)cc1.[HH]. The average molecular weight is 1400 g/mol. The van der Waals surface area contributed by atoms with Crippen LogP contribution in [0, 0.1) is 25.5 Å². The fourth-order valence-electron chi connectivity index (χ4n) is 11.4. The predicted octanol–water partition coefficient (Wildman–Crippen LogP) is 15.3. The van der Waals surface area contributed by atoms with Crippen molar-refractivity contribution in [1.82, 2.24) is 19.8 Å². The molecule has 496 valence electrons. The Morgan fingerprint density at radius 1 is 0.542 bits per heavy atom. The number of rotatable bonds is 14. The Morgan fingerprint density at radius 3 is 1.40 bits per heavy atom. The first-order chi connectivity index (χ1) is 45.4. The minimum atomic E-state index is -3.65.